The van der Waals surface area contributed by atoms with E-state index >= 15 is 0 Å². The molecule has 0 fully saturated rings. The van der Waals surface area contributed by atoms with Crippen LogP contribution in [0, 0.1) is 5.82 Å². The molecule has 0 aliphatic carbocycles. The maximum Gasteiger partial charge on any atom is 0.251 e. The Morgan fingerprint density at radius 1 is 1.44 bits per heavy atom. The minimum atomic E-state index is -0.861. The molecule has 0 unspecified atom stereocenters. The van der Waals surface area contributed by atoms with Gasteiger partial charge in [0.2, 0.25) is 5.91 Å². The molecule has 4 nitrogen and oxygen atoms in total. The van der Waals surface area contributed by atoms with Crippen LogP contribution in [0.1, 0.15) is 24.2 Å². The number of primary amides is 1. The fourth-order valence-electron chi connectivity index (χ4n) is 1.23. The van der Waals surface area contributed by atoms with Gasteiger partial charge in [0, 0.05) is 5.69 Å². The molecule has 0 spiro atoms. The maximum absolute atomic E-state index is 13.2. The lowest BCUT2D eigenvalue weighted by Crippen LogP contribution is -2.17. The molecule has 98 valence electrons. The van der Waals surface area contributed by atoms with E-state index in [2.05, 4.69) is 5.32 Å². The van der Waals surface area contributed by atoms with E-state index in [1.807, 2.05) is 13.8 Å². The first-order valence-corrected chi connectivity index (χ1v) is 6.46. The molecule has 0 aromatic heterocycles. The fourth-order valence-corrected chi connectivity index (χ4v) is 1.79. The lowest BCUT2D eigenvalue weighted by atomic mass is 10.2. The Labute approximate surface area is 109 Å². The number of carbonyl (C=O) groups excluding carboxylic acids is 2. The molecule has 0 radical (unpaired) electrons. The quantitative estimate of drug-likeness (QED) is 0.859. The first-order chi connectivity index (χ1) is 8.40. The van der Waals surface area contributed by atoms with Crippen molar-refractivity contribution in [1.82, 2.24) is 0 Å². The zero-order chi connectivity index (χ0) is 13.7. The fraction of sp³-hybridized carbons (Fsp3) is 0.333. The predicted molar refractivity (Wildman–Crippen MR) is 71.1 cm³/mol. The van der Waals surface area contributed by atoms with E-state index < -0.39 is 11.7 Å². The number of amides is 2. The van der Waals surface area contributed by atoms with Crippen molar-refractivity contribution in [2.75, 3.05) is 11.1 Å². The molecule has 0 heterocycles. The van der Waals surface area contributed by atoms with Crippen LogP contribution in [0.15, 0.2) is 18.2 Å². The van der Waals surface area contributed by atoms with E-state index in [0.717, 1.165) is 6.07 Å². The summed E-state index contributed by atoms with van der Waals surface area (Å²) in [5.41, 5.74) is 5.15. The second-order valence-corrected chi connectivity index (χ2v) is 5.53. The lowest BCUT2D eigenvalue weighted by Gasteiger charge is -2.08. The second kappa shape index (κ2) is 6.39. The Morgan fingerprint density at radius 3 is 2.67 bits per heavy atom. The second-order valence-electron chi connectivity index (χ2n) is 3.97. The monoisotopic (exact) mass is 270 g/mol. The summed E-state index contributed by atoms with van der Waals surface area (Å²) < 4.78 is 13.2. The molecule has 3 N–H and O–H groups in total. The van der Waals surface area contributed by atoms with Gasteiger partial charge in [-0.15, -0.1) is 11.8 Å². The molecule has 0 saturated carbocycles. The summed E-state index contributed by atoms with van der Waals surface area (Å²) in [5.74, 6) is -1.45. The highest BCUT2D eigenvalue weighted by Crippen LogP contribution is 2.15. The van der Waals surface area contributed by atoms with E-state index in [1.54, 1.807) is 0 Å². The number of halogens is 1. The summed E-state index contributed by atoms with van der Waals surface area (Å²) in [6, 6.07) is 3.72. The van der Waals surface area contributed by atoms with Gasteiger partial charge in [0.25, 0.3) is 5.91 Å². The van der Waals surface area contributed by atoms with Crippen LogP contribution in [0.5, 0.6) is 0 Å². The Kier molecular flexibility index (Phi) is 5.15. The molecule has 0 atom stereocenters. The highest BCUT2D eigenvalue weighted by atomic mass is 32.2. The lowest BCUT2D eigenvalue weighted by molar-refractivity contribution is -0.113. The average Bonchev–Trinajstić information content (AvgIpc) is 2.28. The van der Waals surface area contributed by atoms with E-state index in [0.29, 0.717) is 16.7 Å². The molecule has 0 aliphatic heterocycles. The van der Waals surface area contributed by atoms with Gasteiger partial charge in [-0.3, -0.25) is 9.59 Å². The number of nitrogens with one attached hydrogen (secondary N) is 1. The van der Waals surface area contributed by atoms with Gasteiger partial charge in [0.1, 0.15) is 5.82 Å². The van der Waals surface area contributed by atoms with Crippen molar-refractivity contribution in [3.63, 3.8) is 0 Å². The number of hydrogen-bond donors (Lipinski definition) is 2. The summed E-state index contributed by atoms with van der Waals surface area (Å²) in [5, 5.41) is 2.94. The van der Waals surface area contributed by atoms with Crippen LogP contribution in [0.25, 0.3) is 0 Å². The molecule has 1 aromatic rings. The summed E-state index contributed by atoms with van der Waals surface area (Å²) >= 11 is 1.49. The van der Waals surface area contributed by atoms with Gasteiger partial charge < -0.3 is 11.1 Å². The summed E-state index contributed by atoms with van der Waals surface area (Å²) in [7, 11) is 0. The topological polar surface area (TPSA) is 72.2 Å². The van der Waals surface area contributed by atoms with Gasteiger partial charge in [0.05, 0.1) is 11.3 Å². The molecule has 0 aliphatic rings. The molecular weight excluding hydrogens is 255 g/mol. The molecule has 1 rings (SSSR count). The van der Waals surface area contributed by atoms with Gasteiger partial charge in [-0.05, 0) is 23.4 Å². The predicted octanol–water partition coefficient (Wildman–Crippen LogP) is 2.00. The number of thioether (sulfide) groups is 1. The standard InChI is InChI=1S/C12H15FN2O2S/c1-7(2)18-6-11(16)15-8-3-4-10(13)9(5-8)12(14)17/h3-5,7H,6H2,1-2H3,(H2,14,17)(H,15,16). The smallest absolute Gasteiger partial charge is 0.251 e. The van der Waals surface area contributed by atoms with Gasteiger partial charge in [-0.1, -0.05) is 13.8 Å². The van der Waals surface area contributed by atoms with Crippen molar-refractivity contribution in [2.24, 2.45) is 5.73 Å². The highest BCUT2D eigenvalue weighted by molar-refractivity contribution is 8.00. The van der Waals surface area contributed by atoms with Crippen molar-refractivity contribution in [1.29, 1.82) is 0 Å². The third-order valence-corrected chi connectivity index (χ3v) is 3.16. The van der Waals surface area contributed by atoms with Crippen LogP contribution in [-0.2, 0) is 4.79 Å². The highest BCUT2D eigenvalue weighted by Gasteiger charge is 2.10. The van der Waals surface area contributed by atoms with Gasteiger partial charge in [-0.2, -0.15) is 0 Å². The maximum atomic E-state index is 13.2. The van der Waals surface area contributed by atoms with E-state index in [-0.39, 0.29) is 11.5 Å². The van der Waals surface area contributed by atoms with E-state index in [9.17, 15) is 14.0 Å². The van der Waals surface area contributed by atoms with Crippen molar-refractivity contribution in [3.05, 3.63) is 29.6 Å². The number of hydrogen-bond acceptors (Lipinski definition) is 3. The minimum Gasteiger partial charge on any atom is -0.366 e. The first kappa shape index (κ1) is 14.5. The number of rotatable bonds is 5. The number of carbonyl (C=O) groups is 2. The van der Waals surface area contributed by atoms with Crippen molar-refractivity contribution in [2.45, 2.75) is 19.1 Å². The molecular formula is C12H15FN2O2S. The molecule has 0 saturated heterocycles. The molecule has 6 heteroatoms. The Morgan fingerprint density at radius 2 is 2.11 bits per heavy atom. The number of nitrogens with two attached hydrogens (primary N) is 1. The van der Waals surface area contributed by atoms with Crippen LogP contribution in [0.2, 0.25) is 0 Å². The molecule has 1 aromatic carbocycles. The molecule has 0 bridgehead atoms. The Balaban J connectivity index is 2.70. The Hall–Kier alpha value is -1.56. The largest absolute Gasteiger partial charge is 0.366 e. The van der Waals surface area contributed by atoms with E-state index in [1.165, 1.54) is 23.9 Å². The van der Waals surface area contributed by atoms with Gasteiger partial charge >= 0.3 is 0 Å². The summed E-state index contributed by atoms with van der Waals surface area (Å²) in [4.78, 5) is 22.5. The minimum absolute atomic E-state index is 0.198. The van der Waals surface area contributed by atoms with Gasteiger partial charge in [0.15, 0.2) is 0 Å². The normalized spacial score (nSPS) is 10.4. The third kappa shape index (κ3) is 4.37. The summed E-state index contributed by atoms with van der Waals surface area (Å²) in [6.45, 7) is 3.97. The van der Waals surface area contributed by atoms with Crippen LogP contribution >= 0.6 is 11.8 Å². The van der Waals surface area contributed by atoms with Crippen molar-refractivity contribution in [3.8, 4) is 0 Å². The molecule has 18 heavy (non-hydrogen) atoms. The van der Waals surface area contributed by atoms with E-state index in [4.69, 9.17) is 5.73 Å². The first-order valence-electron chi connectivity index (χ1n) is 5.41. The number of benzene rings is 1. The van der Waals surface area contributed by atoms with Crippen LogP contribution in [0.3, 0.4) is 0 Å². The van der Waals surface area contributed by atoms with Crippen molar-refractivity contribution >= 4 is 29.3 Å². The molecule has 2 amide bonds. The SMILES string of the molecule is CC(C)SCC(=O)Nc1ccc(F)c(C(N)=O)c1. The average molecular weight is 270 g/mol. The van der Waals surface area contributed by atoms with Gasteiger partial charge in [-0.25, -0.2) is 4.39 Å². The number of anilines is 1. The zero-order valence-electron chi connectivity index (χ0n) is 10.2. The van der Waals surface area contributed by atoms with Crippen molar-refractivity contribution < 1.29 is 14.0 Å². The van der Waals surface area contributed by atoms with Crippen LogP contribution in [-0.4, -0.2) is 22.8 Å². The van der Waals surface area contributed by atoms with Crippen LogP contribution in [0.4, 0.5) is 10.1 Å². The van der Waals surface area contributed by atoms with Crippen LogP contribution < -0.4 is 11.1 Å². The third-order valence-electron chi connectivity index (χ3n) is 2.06. The Bertz CT molecular complexity index is 463. The zero-order valence-corrected chi connectivity index (χ0v) is 11.0. The summed E-state index contributed by atoms with van der Waals surface area (Å²) in [6.07, 6.45) is 0.